The number of amides is 2. The van der Waals surface area contributed by atoms with Crippen LogP contribution in [0.2, 0.25) is 0 Å². The maximum absolute atomic E-state index is 12.9. The second-order valence-corrected chi connectivity index (χ2v) is 6.22. The number of rotatable bonds is 5. The number of benzene rings is 1. The molecule has 0 bridgehead atoms. The molecule has 2 amide bonds. The number of hydrogen-bond donors (Lipinski definition) is 3. The first-order valence-corrected chi connectivity index (χ1v) is 7.45. The zero-order valence-corrected chi connectivity index (χ0v) is 13.0. The molecule has 1 aliphatic heterocycles. The van der Waals surface area contributed by atoms with Crippen molar-refractivity contribution in [2.75, 3.05) is 19.7 Å². The lowest BCUT2D eigenvalue weighted by Crippen LogP contribution is -2.47. The maximum atomic E-state index is 12.9. The third-order valence-electron chi connectivity index (χ3n) is 3.98. The van der Waals surface area contributed by atoms with Gasteiger partial charge in [0.05, 0.1) is 12.1 Å². The van der Waals surface area contributed by atoms with E-state index >= 15 is 0 Å². The van der Waals surface area contributed by atoms with Crippen LogP contribution in [0.25, 0.3) is 0 Å². The Labute approximate surface area is 129 Å². The summed E-state index contributed by atoms with van der Waals surface area (Å²) < 4.78 is 18.5. The van der Waals surface area contributed by atoms with E-state index in [9.17, 15) is 14.3 Å². The van der Waals surface area contributed by atoms with Gasteiger partial charge in [-0.2, -0.15) is 0 Å². The van der Waals surface area contributed by atoms with Crippen LogP contribution in [-0.2, 0) is 10.3 Å². The van der Waals surface area contributed by atoms with Gasteiger partial charge in [-0.1, -0.05) is 12.1 Å². The lowest BCUT2D eigenvalue weighted by Gasteiger charge is -2.26. The summed E-state index contributed by atoms with van der Waals surface area (Å²) in [4.78, 5) is 11.8. The average Bonchev–Trinajstić information content (AvgIpc) is 2.91. The number of hydrogen-bond acceptors (Lipinski definition) is 3. The molecule has 0 saturated carbocycles. The molecule has 5 nitrogen and oxygen atoms in total. The summed E-state index contributed by atoms with van der Waals surface area (Å²) >= 11 is 0. The molecule has 1 fully saturated rings. The van der Waals surface area contributed by atoms with Gasteiger partial charge in [-0.3, -0.25) is 0 Å². The van der Waals surface area contributed by atoms with E-state index in [2.05, 4.69) is 10.6 Å². The highest BCUT2D eigenvalue weighted by Crippen LogP contribution is 2.24. The first kappa shape index (κ1) is 16.7. The van der Waals surface area contributed by atoms with Gasteiger partial charge < -0.3 is 20.5 Å². The molecular weight excluding hydrogens is 287 g/mol. The minimum absolute atomic E-state index is 0.0298. The Balaban J connectivity index is 1.80. The summed E-state index contributed by atoms with van der Waals surface area (Å²) in [6.07, 6.45) is 1.92. The molecule has 1 aliphatic rings. The largest absolute Gasteiger partial charge is 0.384 e. The Kier molecular flexibility index (Phi) is 5.03. The molecule has 0 aliphatic carbocycles. The molecular formula is C16H23FN2O3. The van der Waals surface area contributed by atoms with Crippen LogP contribution in [0.15, 0.2) is 24.3 Å². The zero-order valence-electron chi connectivity index (χ0n) is 13.0. The summed E-state index contributed by atoms with van der Waals surface area (Å²) in [6, 6.07) is 5.20. The number of ether oxygens (including phenoxy) is 1. The maximum Gasteiger partial charge on any atom is 0.315 e. The van der Waals surface area contributed by atoms with Crippen molar-refractivity contribution in [1.29, 1.82) is 0 Å². The number of aliphatic hydroxyl groups is 1. The Morgan fingerprint density at radius 2 is 2.09 bits per heavy atom. The summed E-state index contributed by atoms with van der Waals surface area (Å²) in [5.74, 6) is -0.366. The summed E-state index contributed by atoms with van der Waals surface area (Å²) in [7, 11) is 0. The predicted molar refractivity (Wildman–Crippen MR) is 81.0 cm³/mol. The smallest absolute Gasteiger partial charge is 0.315 e. The molecule has 6 heteroatoms. The normalized spacial score (nSPS) is 23.8. The Bertz CT molecular complexity index is 511. The Hall–Kier alpha value is -1.66. The van der Waals surface area contributed by atoms with Crippen LogP contribution >= 0.6 is 0 Å². The molecule has 3 N–H and O–H groups in total. The second kappa shape index (κ2) is 6.62. The molecule has 122 valence electrons. The minimum atomic E-state index is -1.27. The first-order chi connectivity index (χ1) is 10.3. The molecule has 1 aromatic rings. The van der Waals surface area contributed by atoms with Crippen LogP contribution < -0.4 is 10.6 Å². The number of urea groups is 1. The van der Waals surface area contributed by atoms with Crippen LogP contribution in [0, 0.1) is 5.82 Å². The van der Waals surface area contributed by atoms with Crippen molar-refractivity contribution in [2.45, 2.75) is 37.9 Å². The molecule has 2 atom stereocenters. The van der Waals surface area contributed by atoms with Gasteiger partial charge in [0.2, 0.25) is 0 Å². The number of carbonyl (C=O) groups is 1. The van der Waals surface area contributed by atoms with Crippen molar-refractivity contribution < 1.29 is 19.0 Å². The Morgan fingerprint density at radius 1 is 1.41 bits per heavy atom. The highest BCUT2D eigenvalue weighted by Gasteiger charge is 2.30. The van der Waals surface area contributed by atoms with Gasteiger partial charge >= 0.3 is 6.03 Å². The fourth-order valence-electron chi connectivity index (χ4n) is 2.47. The van der Waals surface area contributed by atoms with Crippen LogP contribution in [0.3, 0.4) is 0 Å². The summed E-state index contributed by atoms with van der Waals surface area (Å²) in [5, 5.41) is 15.7. The standard InChI is InChI=1S/C16H23FN2O3/c1-15(8-3-9-22-15)10-18-14(20)19-11-16(2,21)12-4-6-13(17)7-5-12/h4-7,21H,3,8-11H2,1-2H3,(H2,18,19,20)/t15-,16+/m0/s1. The van der Waals surface area contributed by atoms with Crippen LogP contribution in [0.4, 0.5) is 9.18 Å². The number of halogens is 1. The van der Waals surface area contributed by atoms with E-state index in [0.717, 1.165) is 19.4 Å². The van der Waals surface area contributed by atoms with Gasteiger partial charge in [0, 0.05) is 13.2 Å². The zero-order chi connectivity index (χ0) is 16.2. The molecule has 22 heavy (non-hydrogen) atoms. The van der Waals surface area contributed by atoms with Gasteiger partial charge in [-0.15, -0.1) is 0 Å². The van der Waals surface area contributed by atoms with E-state index in [4.69, 9.17) is 4.74 Å². The van der Waals surface area contributed by atoms with Gasteiger partial charge in [0.25, 0.3) is 0 Å². The minimum Gasteiger partial charge on any atom is -0.384 e. The molecule has 0 aromatic heterocycles. The second-order valence-electron chi connectivity index (χ2n) is 6.22. The average molecular weight is 310 g/mol. The highest BCUT2D eigenvalue weighted by molar-refractivity contribution is 5.74. The van der Waals surface area contributed by atoms with Gasteiger partial charge in [0.15, 0.2) is 0 Å². The molecule has 0 unspecified atom stereocenters. The monoisotopic (exact) mass is 310 g/mol. The third-order valence-corrected chi connectivity index (χ3v) is 3.98. The lowest BCUT2D eigenvalue weighted by atomic mass is 9.96. The van der Waals surface area contributed by atoms with Crippen molar-refractivity contribution in [2.24, 2.45) is 0 Å². The van der Waals surface area contributed by atoms with E-state index in [-0.39, 0.29) is 24.0 Å². The van der Waals surface area contributed by atoms with Crippen molar-refractivity contribution in [1.82, 2.24) is 10.6 Å². The van der Waals surface area contributed by atoms with Gasteiger partial charge in [-0.25, -0.2) is 9.18 Å². The predicted octanol–water partition coefficient (Wildman–Crippen LogP) is 1.90. The Morgan fingerprint density at radius 3 is 2.68 bits per heavy atom. The lowest BCUT2D eigenvalue weighted by molar-refractivity contribution is 0.0224. The van der Waals surface area contributed by atoms with E-state index in [1.807, 2.05) is 6.92 Å². The van der Waals surface area contributed by atoms with E-state index in [1.54, 1.807) is 6.92 Å². The highest BCUT2D eigenvalue weighted by atomic mass is 19.1. The van der Waals surface area contributed by atoms with Crippen molar-refractivity contribution in [3.8, 4) is 0 Å². The molecule has 1 saturated heterocycles. The number of nitrogens with one attached hydrogen (secondary N) is 2. The fraction of sp³-hybridized carbons (Fsp3) is 0.562. The van der Waals surface area contributed by atoms with E-state index < -0.39 is 5.60 Å². The quantitative estimate of drug-likeness (QED) is 0.778. The van der Waals surface area contributed by atoms with Gasteiger partial charge in [-0.05, 0) is 44.4 Å². The van der Waals surface area contributed by atoms with Gasteiger partial charge in [0.1, 0.15) is 11.4 Å². The summed E-state index contributed by atoms with van der Waals surface area (Å²) in [6.45, 7) is 4.72. The van der Waals surface area contributed by atoms with E-state index in [1.165, 1.54) is 24.3 Å². The first-order valence-electron chi connectivity index (χ1n) is 7.45. The van der Waals surface area contributed by atoms with Crippen molar-refractivity contribution in [3.63, 3.8) is 0 Å². The third kappa shape index (κ3) is 4.42. The molecule has 2 rings (SSSR count). The molecule has 1 heterocycles. The van der Waals surface area contributed by atoms with Crippen molar-refractivity contribution >= 4 is 6.03 Å². The SMILES string of the molecule is C[C@@]1(CNC(=O)NC[C@@](C)(O)c2ccc(F)cc2)CCCO1. The topological polar surface area (TPSA) is 70.6 Å². The number of carbonyl (C=O) groups excluding carboxylic acids is 1. The van der Waals surface area contributed by atoms with Crippen molar-refractivity contribution in [3.05, 3.63) is 35.6 Å². The van der Waals surface area contributed by atoms with Crippen LogP contribution in [0.1, 0.15) is 32.3 Å². The molecule has 1 aromatic carbocycles. The summed E-state index contributed by atoms with van der Waals surface area (Å²) in [5.41, 5.74) is -1.03. The van der Waals surface area contributed by atoms with Crippen LogP contribution in [-0.4, -0.2) is 36.4 Å². The fourth-order valence-corrected chi connectivity index (χ4v) is 2.47. The van der Waals surface area contributed by atoms with E-state index in [0.29, 0.717) is 12.1 Å². The molecule has 0 radical (unpaired) electrons. The van der Waals surface area contributed by atoms with Crippen LogP contribution in [0.5, 0.6) is 0 Å². The molecule has 0 spiro atoms.